The molecule has 2 aliphatic heterocycles. The standard InChI is InChI=1S/C17H21N5O2.2ClH/c1-21-14-10-11(22-8-6-18-7-9-22)2-3-12(14)16(20-21)13-4-5-15(23)19-17(13)24;;/h2-3,10,13,18H,4-9H2,1H3,(H,19,23,24);2*1H. The fourth-order valence-electron chi connectivity index (χ4n) is 3.61. The molecule has 1 unspecified atom stereocenters. The highest BCUT2D eigenvalue weighted by molar-refractivity contribution is 6.02. The van der Waals surface area contributed by atoms with Crippen LogP contribution in [0.15, 0.2) is 18.2 Å². The molecule has 2 fully saturated rings. The quantitative estimate of drug-likeness (QED) is 0.745. The van der Waals surface area contributed by atoms with E-state index in [1.807, 2.05) is 11.7 Å². The highest BCUT2D eigenvalue weighted by Gasteiger charge is 2.31. The van der Waals surface area contributed by atoms with Gasteiger partial charge in [0.05, 0.1) is 17.1 Å². The van der Waals surface area contributed by atoms with Gasteiger partial charge in [-0.05, 0) is 24.6 Å². The summed E-state index contributed by atoms with van der Waals surface area (Å²) in [5.74, 6) is -0.786. The zero-order chi connectivity index (χ0) is 16.7. The number of piperidine rings is 1. The predicted molar refractivity (Wildman–Crippen MR) is 105 cm³/mol. The van der Waals surface area contributed by atoms with E-state index in [2.05, 4.69) is 38.8 Å². The van der Waals surface area contributed by atoms with E-state index >= 15 is 0 Å². The summed E-state index contributed by atoms with van der Waals surface area (Å²) in [4.78, 5) is 25.9. The molecule has 1 atom stereocenters. The van der Waals surface area contributed by atoms with Gasteiger partial charge in [-0.15, -0.1) is 24.8 Å². The van der Waals surface area contributed by atoms with Crippen LogP contribution in [0.25, 0.3) is 10.9 Å². The average molecular weight is 400 g/mol. The monoisotopic (exact) mass is 399 g/mol. The van der Waals surface area contributed by atoms with Crippen molar-refractivity contribution in [3.63, 3.8) is 0 Å². The van der Waals surface area contributed by atoms with Crippen molar-refractivity contribution in [1.29, 1.82) is 0 Å². The number of nitrogens with zero attached hydrogens (tertiary/aromatic N) is 3. The molecule has 1 aromatic heterocycles. The van der Waals surface area contributed by atoms with Crippen LogP contribution >= 0.6 is 24.8 Å². The molecular weight excluding hydrogens is 377 g/mol. The minimum atomic E-state index is -0.351. The van der Waals surface area contributed by atoms with Crippen LogP contribution in [-0.2, 0) is 16.6 Å². The molecule has 3 heterocycles. The third-order valence-corrected chi connectivity index (χ3v) is 4.92. The van der Waals surface area contributed by atoms with Crippen LogP contribution in [0.4, 0.5) is 5.69 Å². The first-order chi connectivity index (χ1) is 11.6. The number of benzene rings is 1. The number of rotatable bonds is 2. The first-order valence-electron chi connectivity index (χ1n) is 8.39. The molecule has 0 aliphatic carbocycles. The Labute approximate surface area is 164 Å². The Kier molecular flexibility index (Phi) is 6.49. The fraction of sp³-hybridized carbons (Fsp3) is 0.471. The highest BCUT2D eigenvalue weighted by Crippen LogP contribution is 2.32. The Morgan fingerprint density at radius 1 is 1.15 bits per heavy atom. The van der Waals surface area contributed by atoms with Gasteiger partial charge >= 0.3 is 0 Å². The van der Waals surface area contributed by atoms with E-state index in [4.69, 9.17) is 0 Å². The van der Waals surface area contributed by atoms with Crippen molar-refractivity contribution in [2.45, 2.75) is 18.8 Å². The summed E-state index contributed by atoms with van der Waals surface area (Å²) in [6.07, 6.45) is 0.893. The molecule has 7 nitrogen and oxygen atoms in total. The first kappa shape index (κ1) is 20.5. The largest absolute Gasteiger partial charge is 0.369 e. The number of fused-ring (bicyclic) bond motifs is 1. The Morgan fingerprint density at radius 3 is 2.58 bits per heavy atom. The zero-order valence-electron chi connectivity index (χ0n) is 14.5. The Bertz CT molecular complexity index is 817. The van der Waals surface area contributed by atoms with E-state index in [0.29, 0.717) is 12.8 Å². The molecule has 0 spiro atoms. The van der Waals surface area contributed by atoms with E-state index in [9.17, 15) is 9.59 Å². The molecule has 0 radical (unpaired) electrons. The summed E-state index contributed by atoms with van der Waals surface area (Å²) in [5, 5.41) is 11.4. The lowest BCUT2D eigenvalue weighted by Crippen LogP contribution is -2.43. The highest BCUT2D eigenvalue weighted by atomic mass is 35.5. The van der Waals surface area contributed by atoms with Crippen LogP contribution in [-0.4, -0.2) is 47.8 Å². The lowest BCUT2D eigenvalue weighted by atomic mass is 9.93. The molecule has 0 bridgehead atoms. The van der Waals surface area contributed by atoms with Gasteiger partial charge in [-0.2, -0.15) is 5.10 Å². The first-order valence-corrected chi connectivity index (χ1v) is 8.39. The minimum absolute atomic E-state index is 0. The van der Waals surface area contributed by atoms with E-state index in [0.717, 1.165) is 42.8 Å². The third-order valence-electron chi connectivity index (χ3n) is 4.92. The van der Waals surface area contributed by atoms with Crippen molar-refractivity contribution in [3.8, 4) is 0 Å². The number of piperazine rings is 1. The number of hydrogen-bond acceptors (Lipinski definition) is 5. The molecule has 2 amide bonds. The Morgan fingerprint density at radius 2 is 1.88 bits per heavy atom. The summed E-state index contributed by atoms with van der Waals surface area (Å²) in [6, 6.07) is 6.30. The van der Waals surface area contributed by atoms with Gasteiger partial charge in [-0.25, -0.2) is 0 Å². The van der Waals surface area contributed by atoms with Gasteiger partial charge in [0.2, 0.25) is 11.8 Å². The number of aromatic nitrogens is 2. The summed E-state index contributed by atoms with van der Waals surface area (Å²) in [6.45, 7) is 3.96. The van der Waals surface area contributed by atoms with E-state index in [-0.39, 0.29) is 42.5 Å². The molecular formula is C17H23Cl2N5O2. The van der Waals surface area contributed by atoms with Gasteiger partial charge in [0.25, 0.3) is 0 Å². The van der Waals surface area contributed by atoms with Crippen molar-refractivity contribution in [3.05, 3.63) is 23.9 Å². The van der Waals surface area contributed by atoms with Gasteiger partial charge in [0.15, 0.2) is 0 Å². The molecule has 0 saturated carbocycles. The molecule has 9 heteroatoms. The molecule has 142 valence electrons. The Balaban J connectivity index is 0.00000121. The molecule has 2 aliphatic rings. The second kappa shape index (κ2) is 8.24. The summed E-state index contributed by atoms with van der Waals surface area (Å²) in [7, 11) is 1.90. The molecule has 2 saturated heterocycles. The summed E-state index contributed by atoms with van der Waals surface area (Å²) < 4.78 is 1.83. The normalized spacial score (nSPS) is 20.3. The topological polar surface area (TPSA) is 79.3 Å². The predicted octanol–water partition coefficient (Wildman–Crippen LogP) is 1.35. The van der Waals surface area contributed by atoms with Crippen LogP contribution in [0.2, 0.25) is 0 Å². The number of hydrogen-bond donors (Lipinski definition) is 2. The van der Waals surface area contributed by atoms with Crippen molar-refractivity contribution < 1.29 is 9.59 Å². The van der Waals surface area contributed by atoms with E-state index in [1.54, 1.807) is 0 Å². The maximum absolute atomic E-state index is 12.2. The second-order valence-electron chi connectivity index (χ2n) is 6.45. The van der Waals surface area contributed by atoms with E-state index < -0.39 is 0 Å². The third kappa shape index (κ3) is 3.65. The van der Waals surface area contributed by atoms with Gasteiger partial charge in [0.1, 0.15) is 0 Å². The lowest BCUT2D eigenvalue weighted by molar-refractivity contribution is -0.134. The van der Waals surface area contributed by atoms with Crippen LogP contribution in [0, 0.1) is 0 Å². The Hall–Kier alpha value is -1.83. The lowest BCUT2D eigenvalue weighted by Gasteiger charge is -2.29. The zero-order valence-corrected chi connectivity index (χ0v) is 16.2. The van der Waals surface area contributed by atoms with Gasteiger partial charge in [0, 0.05) is 50.7 Å². The number of aryl methyl sites for hydroxylation is 1. The van der Waals surface area contributed by atoms with Crippen molar-refractivity contribution >= 4 is 53.2 Å². The number of anilines is 1. The molecule has 2 N–H and O–H groups in total. The SMILES string of the molecule is Cl.Cl.Cn1nc(C2CCC(=O)NC2=O)c2ccc(N3CCNCC3)cc21. The molecule has 26 heavy (non-hydrogen) atoms. The summed E-state index contributed by atoms with van der Waals surface area (Å²) >= 11 is 0. The summed E-state index contributed by atoms with van der Waals surface area (Å²) in [5.41, 5.74) is 2.97. The van der Waals surface area contributed by atoms with Crippen LogP contribution in [0.1, 0.15) is 24.5 Å². The number of imide groups is 1. The van der Waals surface area contributed by atoms with Crippen LogP contribution in [0.3, 0.4) is 0 Å². The minimum Gasteiger partial charge on any atom is -0.369 e. The van der Waals surface area contributed by atoms with E-state index in [1.165, 1.54) is 5.69 Å². The van der Waals surface area contributed by atoms with Crippen molar-refractivity contribution in [2.24, 2.45) is 7.05 Å². The molecule has 2 aromatic rings. The average Bonchev–Trinajstić information content (AvgIpc) is 2.92. The number of carbonyl (C=O) groups excluding carboxylic acids is 2. The molecule has 4 rings (SSSR count). The number of nitrogens with one attached hydrogen (secondary N) is 2. The van der Waals surface area contributed by atoms with Crippen molar-refractivity contribution in [2.75, 3.05) is 31.1 Å². The van der Waals surface area contributed by atoms with Crippen molar-refractivity contribution in [1.82, 2.24) is 20.4 Å². The van der Waals surface area contributed by atoms with Gasteiger partial charge in [-0.3, -0.25) is 19.6 Å². The van der Waals surface area contributed by atoms with Gasteiger partial charge < -0.3 is 10.2 Å². The number of carbonyl (C=O) groups is 2. The fourth-order valence-corrected chi connectivity index (χ4v) is 3.61. The smallest absolute Gasteiger partial charge is 0.235 e. The number of amides is 2. The maximum Gasteiger partial charge on any atom is 0.235 e. The van der Waals surface area contributed by atoms with Crippen LogP contribution in [0.5, 0.6) is 0 Å². The molecule has 1 aromatic carbocycles. The maximum atomic E-state index is 12.2. The van der Waals surface area contributed by atoms with Crippen LogP contribution < -0.4 is 15.5 Å². The second-order valence-corrected chi connectivity index (χ2v) is 6.45. The number of halogens is 2. The van der Waals surface area contributed by atoms with Gasteiger partial charge in [-0.1, -0.05) is 0 Å².